The maximum atomic E-state index is 13.5. The van der Waals surface area contributed by atoms with Crippen LogP contribution in [0.4, 0.5) is 17.6 Å². The normalized spacial score (nSPS) is 18.7. The Morgan fingerprint density at radius 1 is 1.24 bits per heavy atom. The summed E-state index contributed by atoms with van der Waals surface area (Å²) < 4.78 is 68.7. The summed E-state index contributed by atoms with van der Waals surface area (Å²) in [5, 5.41) is 7.72. The zero-order chi connectivity index (χ0) is 21.8. The second-order valence-corrected chi connectivity index (χ2v) is 10.5. The van der Waals surface area contributed by atoms with Crippen molar-refractivity contribution in [1.82, 2.24) is 24.3 Å². The standard InChI is InChI=1S/C18H23F4N5OS/c1-11-12(6-7-14(19)23-11)15(26(5)29(28)16(2,3)4)13-10-27(25-24-13)17(8-9-17)18(20,21)22/h6-7,10,15H,8-9H2,1-5H3/t15-,29?/m0/s1. The van der Waals surface area contributed by atoms with Gasteiger partial charge >= 0.3 is 6.18 Å². The van der Waals surface area contributed by atoms with E-state index >= 15 is 0 Å². The Morgan fingerprint density at radius 2 is 1.86 bits per heavy atom. The number of hydrogen-bond donors (Lipinski definition) is 0. The molecule has 2 heterocycles. The lowest BCUT2D eigenvalue weighted by Gasteiger charge is -2.34. The third-order valence-corrected chi connectivity index (χ3v) is 6.80. The topological polar surface area (TPSA) is 69.9 Å². The molecule has 0 bridgehead atoms. The van der Waals surface area contributed by atoms with E-state index in [1.54, 1.807) is 34.7 Å². The summed E-state index contributed by atoms with van der Waals surface area (Å²) in [5.74, 6) is -0.678. The van der Waals surface area contributed by atoms with Gasteiger partial charge in [0.25, 0.3) is 0 Å². The summed E-state index contributed by atoms with van der Waals surface area (Å²) >= 11 is -1.53. The van der Waals surface area contributed by atoms with Gasteiger partial charge in [-0.25, -0.2) is 9.67 Å². The van der Waals surface area contributed by atoms with E-state index in [1.807, 2.05) is 0 Å². The lowest BCUT2D eigenvalue weighted by molar-refractivity contribution is -0.182. The van der Waals surface area contributed by atoms with Gasteiger partial charge < -0.3 is 4.55 Å². The molecule has 0 amide bonds. The van der Waals surface area contributed by atoms with Crippen LogP contribution in [-0.4, -0.2) is 46.8 Å². The van der Waals surface area contributed by atoms with E-state index in [9.17, 15) is 22.1 Å². The van der Waals surface area contributed by atoms with Crippen LogP contribution in [0, 0.1) is 12.9 Å². The lowest BCUT2D eigenvalue weighted by atomic mass is 10.0. The third-order valence-electron chi connectivity index (χ3n) is 5.02. The quantitative estimate of drug-likeness (QED) is 0.409. The highest BCUT2D eigenvalue weighted by Crippen LogP contribution is 2.55. The Balaban J connectivity index is 2.07. The number of halogens is 4. The largest absolute Gasteiger partial charge is 0.597 e. The number of hydrogen-bond acceptors (Lipinski definition) is 5. The summed E-state index contributed by atoms with van der Waals surface area (Å²) in [6.07, 6.45) is -3.33. The van der Waals surface area contributed by atoms with Crippen LogP contribution in [0.5, 0.6) is 0 Å². The molecule has 11 heteroatoms. The smallest absolute Gasteiger partial charge is 0.413 e. The fourth-order valence-electron chi connectivity index (χ4n) is 3.27. The van der Waals surface area contributed by atoms with Gasteiger partial charge in [-0.2, -0.15) is 17.6 Å². The van der Waals surface area contributed by atoms with Gasteiger partial charge in [-0.1, -0.05) is 11.3 Å². The minimum atomic E-state index is -4.44. The molecule has 0 radical (unpaired) electrons. The van der Waals surface area contributed by atoms with Gasteiger partial charge in [0.05, 0.1) is 6.20 Å². The van der Waals surface area contributed by atoms with E-state index in [0.717, 1.165) is 10.7 Å². The van der Waals surface area contributed by atoms with Crippen molar-refractivity contribution < 1.29 is 22.1 Å². The number of aromatic nitrogens is 4. The Kier molecular flexibility index (Phi) is 5.46. The van der Waals surface area contributed by atoms with E-state index in [2.05, 4.69) is 15.3 Å². The molecule has 0 N–H and O–H groups in total. The predicted octanol–water partition coefficient (Wildman–Crippen LogP) is 3.66. The monoisotopic (exact) mass is 433 g/mol. The summed E-state index contributed by atoms with van der Waals surface area (Å²) in [6, 6.07) is 1.83. The zero-order valence-electron chi connectivity index (χ0n) is 16.8. The fraction of sp³-hybridized carbons (Fsp3) is 0.611. The second kappa shape index (κ2) is 7.21. The number of alkyl halides is 3. The molecule has 29 heavy (non-hydrogen) atoms. The van der Waals surface area contributed by atoms with E-state index in [0.29, 0.717) is 11.3 Å². The minimum Gasteiger partial charge on any atom is -0.597 e. The molecule has 6 nitrogen and oxygen atoms in total. The molecule has 1 saturated carbocycles. The molecule has 0 saturated heterocycles. The van der Waals surface area contributed by atoms with Crippen molar-refractivity contribution in [3.05, 3.63) is 41.2 Å². The lowest BCUT2D eigenvalue weighted by Crippen LogP contribution is -2.43. The number of rotatable bonds is 5. The van der Waals surface area contributed by atoms with Crippen LogP contribution in [0.3, 0.4) is 0 Å². The molecule has 1 unspecified atom stereocenters. The Labute approximate surface area is 169 Å². The highest BCUT2D eigenvalue weighted by molar-refractivity contribution is 7.90. The molecule has 2 aromatic rings. The minimum absolute atomic E-state index is 0.0646. The molecule has 2 atom stereocenters. The van der Waals surface area contributed by atoms with Gasteiger partial charge in [0.2, 0.25) is 5.95 Å². The Bertz CT molecular complexity index is 891. The molecular formula is C18H23F4N5OS. The zero-order valence-corrected chi connectivity index (χ0v) is 17.6. The first-order valence-corrected chi connectivity index (χ1v) is 10.2. The average molecular weight is 433 g/mol. The molecular weight excluding hydrogens is 410 g/mol. The molecule has 3 rings (SSSR count). The SMILES string of the molecule is Cc1nc(F)ccc1[C@@H](c1cn(C2(C(F)(F)F)CC2)nn1)N(C)[S+]([O-])C(C)(C)C. The first-order chi connectivity index (χ1) is 13.3. The fourth-order valence-corrected chi connectivity index (χ4v) is 4.55. The van der Waals surface area contributed by atoms with Gasteiger partial charge in [0.1, 0.15) is 16.5 Å². The first kappa shape index (κ1) is 22.0. The van der Waals surface area contributed by atoms with Crippen molar-refractivity contribution in [2.24, 2.45) is 0 Å². The van der Waals surface area contributed by atoms with Crippen molar-refractivity contribution in [1.29, 1.82) is 0 Å². The molecule has 160 valence electrons. The van der Waals surface area contributed by atoms with Crippen LogP contribution in [0.2, 0.25) is 0 Å². The highest BCUT2D eigenvalue weighted by Gasteiger charge is 2.66. The van der Waals surface area contributed by atoms with Crippen molar-refractivity contribution in [2.45, 2.75) is 63.0 Å². The predicted molar refractivity (Wildman–Crippen MR) is 99.7 cm³/mol. The first-order valence-electron chi connectivity index (χ1n) is 9.05. The third kappa shape index (κ3) is 3.99. The van der Waals surface area contributed by atoms with Crippen LogP contribution in [0.25, 0.3) is 0 Å². The summed E-state index contributed by atoms with van der Waals surface area (Å²) in [4.78, 5) is 3.80. The van der Waals surface area contributed by atoms with Crippen LogP contribution in [-0.2, 0) is 16.9 Å². The van der Waals surface area contributed by atoms with Crippen LogP contribution in [0.1, 0.15) is 56.6 Å². The van der Waals surface area contributed by atoms with E-state index < -0.39 is 39.8 Å². The van der Waals surface area contributed by atoms with E-state index in [4.69, 9.17) is 0 Å². The van der Waals surface area contributed by atoms with Crippen molar-refractivity contribution in [2.75, 3.05) is 7.05 Å². The Morgan fingerprint density at radius 3 is 2.34 bits per heavy atom. The molecule has 1 aliphatic rings. The molecule has 0 aromatic carbocycles. The van der Waals surface area contributed by atoms with Gasteiger partial charge in [-0.15, -0.1) is 9.40 Å². The van der Waals surface area contributed by atoms with Gasteiger partial charge in [-0.05, 0) is 46.6 Å². The van der Waals surface area contributed by atoms with Crippen LogP contribution < -0.4 is 0 Å². The summed E-state index contributed by atoms with van der Waals surface area (Å²) in [7, 11) is 1.59. The van der Waals surface area contributed by atoms with Crippen molar-refractivity contribution >= 4 is 11.4 Å². The van der Waals surface area contributed by atoms with E-state index in [1.165, 1.54) is 16.6 Å². The maximum Gasteiger partial charge on any atom is 0.413 e. The van der Waals surface area contributed by atoms with Gasteiger partial charge in [0, 0.05) is 29.7 Å². The van der Waals surface area contributed by atoms with Gasteiger partial charge in [0.15, 0.2) is 5.54 Å². The maximum absolute atomic E-state index is 13.5. The number of aryl methyl sites for hydroxylation is 1. The molecule has 1 fully saturated rings. The van der Waals surface area contributed by atoms with Crippen LogP contribution >= 0.6 is 0 Å². The average Bonchev–Trinajstić information content (AvgIpc) is 3.28. The van der Waals surface area contributed by atoms with Gasteiger partial charge in [-0.3, -0.25) is 0 Å². The van der Waals surface area contributed by atoms with Crippen LogP contribution in [0.15, 0.2) is 18.3 Å². The molecule has 0 spiro atoms. The molecule has 1 aliphatic carbocycles. The second-order valence-electron chi connectivity index (χ2n) is 8.24. The highest BCUT2D eigenvalue weighted by atomic mass is 32.2. The Hall–Kier alpha value is -1.72. The molecule has 0 aliphatic heterocycles. The summed E-state index contributed by atoms with van der Waals surface area (Å²) in [5.41, 5.74) is -1.02. The molecule has 2 aromatic heterocycles. The number of nitrogens with zero attached hydrogens (tertiary/aromatic N) is 5. The summed E-state index contributed by atoms with van der Waals surface area (Å²) in [6.45, 7) is 6.94. The van der Waals surface area contributed by atoms with E-state index in [-0.39, 0.29) is 18.5 Å². The van der Waals surface area contributed by atoms with Crippen molar-refractivity contribution in [3.63, 3.8) is 0 Å². The number of pyridine rings is 1. The van der Waals surface area contributed by atoms with Crippen molar-refractivity contribution in [3.8, 4) is 0 Å².